The first-order valence-electron chi connectivity index (χ1n) is 9.14. The van der Waals surface area contributed by atoms with Crippen LogP contribution in [-0.4, -0.2) is 47.2 Å². The van der Waals surface area contributed by atoms with Gasteiger partial charge in [-0.2, -0.15) is 0 Å². The quantitative estimate of drug-likeness (QED) is 0.565. The SMILES string of the molecule is COC(=O)c1cc(-c2ccc(F)cc2F)ccc1OC(=O)SCC[C@H](NC(C)=O)C(=O)O. The minimum Gasteiger partial charge on any atom is -0.480 e. The maximum absolute atomic E-state index is 14.1. The van der Waals surface area contributed by atoms with E-state index in [0.29, 0.717) is 17.8 Å². The Morgan fingerprint density at radius 1 is 1.12 bits per heavy atom. The highest BCUT2D eigenvalue weighted by molar-refractivity contribution is 8.13. The van der Waals surface area contributed by atoms with Crippen LogP contribution < -0.4 is 10.1 Å². The van der Waals surface area contributed by atoms with Crippen LogP contribution in [0.1, 0.15) is 23.7 Å². The van der Waals surface area contributed by atoms with Gasteiger partial charge in [0.2, 0.25) is 5.91 Å². The van der Waals surface area contributed by atoms with E-state index in [4.69, 9.17) is 9.84 Å². The third-order valence-electron chi connectivity index (χ3n) is 4.12. The van der Waals surface area contributed by atoms with E-state index < -0.39 is 40.8 Å². The molecule has 0 bridgehead atoms. The second-order valence-electron chi connectivity index (χ2n) is 6.41. The number of methoxy groups -OCH3 is 1. The third kappa shape index (κ3) is 6.77. The van der Waals surface area contributed by atoms with E-state index in [0.717, 1.165) is 13.2 Å². The molecule has 11 heteroatoms. The number of ether oxygens (including phenoxy) is 2. The van der Waals surface area contributed by atoms with Gasteiger partial charge in [-0.25, -0.2) is 23.2 Å². The minimum atomic E-state index is -1.24. The molecule has 0 aliphatic heterocycles. The van der Waals surface area contributed by atoms with Gasteiger partial charge >= 0.3 is 17.2 Å². The first-order chi connectivity index (χ1) is 15.1. The number of esters is 1. The van der Waals surface area contributed by atoms with Gasteiger partial charge in [0.25, 0.3) is 0 Å². The average Bonchev–Trinajstić information content (AvgIpc) is 2.72. The number of halogens is 2. The number of thioether (sulfide) groups is 1. The van der Waals surface area contributed by atoms with Crippen molar-refractivity contribution in [3.8, 4) is 16.9 Å². The van der Waals surface area contributed by atoms with Gasteiger partial charge in [0.05, 0.1) is 7.11 Å². The molecule has 0 radical (unpaired) electrons. The van der Waals surface area contributed by atoms with Crippen LogP contribution in [-0.2, 0) is 14.3 Å². The van der Waals surface area contributed by atoms with Gasteiger partial charge in [-0.05, 0) is 48.0 Å². The summed E-state index contributed by atoms with van der Waals surface area (Å²) >= 11 is 0.647. The molecule has 170 valence electrons. The summed E-state index contributed by atoms with van der Waals surface area (Å²) in [6, 6.07) is 5.69. The highest BCUT2D eigenvalue weighted by Gasteiger charge is 2.21. The standard InChI is InChI=1S/C21H19F2NO7S/c1-11(25)24-17(19(26)27)7-8-32-21(29)31-18-6-3-12(9-15(18)20(28)30-2)14-5-4-13(22)10-16(14)23/h3-6,9-10,17H,7-8H2,1-2H3,(H,24,25)(H,26,27)/t17-/m0/s1. The monoisotopic (exact) mass is 467 g/mol. The summed E-state index contributed by atoms with van der Waals surface area (Å²) in [7, 11) is 1.11. The second-order valence-corrected chi connectivity index (χ2v) is 7.44. The van der Waals surface area contributed by atoms with Crippen LogP contribution in [0.4, 0.5) is 13.6 Å². The predicted octanol–water partition coefficient (Wildman–Crippen LogP) is 3.63. The number of rotatable bonds is 8. The molecule has 0 heterocycles. The fourth-order valence-corrected chi connectivity index (χ4v) is 3.33. The summed E-state index contributed by atoms with van der Waals surface area (Å²) in [4.78, 5) is 46.4. The number of nitrogens with one attached hydrogen (secondary N) is 1. The minimum absolute atomic E-state index is 0.0164. The number of carboxylic acid groups (broad SMARTS) is 1. The molecule has 0 saturated heterocycles. The lowest BCUT2D eigenvalue weighted by Gasteiger charge is -2.13. The van der Waals surface area contributed by atoms with Gasteiger partial charge in [-0.15, -0.1) is 0 Å². The molecule has 0 aliphatic rings. The van der Waals surface area contributed by atoms with Crippen molar-refractivity contribution in [3.05, 3.63) is 53.6 Å². The fraction of sp³-hybridized carbons (Fsp3) is 0.238. The van der Waals surface area contributed by atoms with Crippen LogP contribution in [0.25, 0.3) is 11.1 Å². The smallest absolute Gasteiger partial charge is 0.372 e. The second kappa shape index (κ2) is 11.2. The summed E-state index contributed by atoms with van der Waals surface area (Å²) in [6.45, 7) is 1.17. The van der Waals surface area contributed by atoms with E-state index in [1.807, 2.05) is 0 Å². The Bertz CT molecular complexity index is 1040. The molecule has 8 nitrogen and oxygen atoms in total. The lowest BCUT2D eigenvalue weighted by Crippen LogP contribution is -2.40. The number of hydrogen-bond acceptors (Lipinski definition) is 7. The number of carbonyl (C=O) groups is 4. The van der Waals surface area contributed by atoms with Crippen molar-refractivity contribution in [1.29, 1.82) is 0 Å². The summed E-state index contributed by atoms with van der Waals surface area (Å²) in [5.41, 5.74) is 0.0979. The number of hydrogen-bond donors (Lipinski definition) is 2. The van der Waals surface area contributed by atoms with Crippen LogP contribution >= 0.6 is 11.8 Å². The van der Waals surface area contributed by atoms with Crippen molar-refractivity contribution in [2.75, 3.05) is 12.9 Å². The van der Waals surface area contributed by atoms with E-state index >= 15 is 0 Å². The number of aliphatic carboxylic acids is 1. The van der Waals surface area contributed by atoms with Gasteiger partial charge in [-0.3, -0.25) is 4.79 Å². The highest BCUT2D eigenvalue weighted by Crippen LogP contribution is 2.30. The molecule has 2 aromatic rings. The van der Waals surface area contributed by atoms with Gasteiger partial charge in [0.15, 0.2) is 0 Å². The molecule has 2 rings (SSSR count). The fourth-order valence-electron chi connectivity index (χ4n) is 2.66. The van der Waals surface area contributed by atoms with Crippen LogP contribution in [0, 0.1) is 11.6 Å². The molecule has 1 atom stereocenters. The van der Waals surface area contributed by atoms with E-state index in [-0.39, 0.29) is 34.6 Å². The number of benzene rings is 2. The van der Waals surface area contributed by atoms with Gasteiger partial charge in [-0.1, -0.05) is 6.07 Å². The van der Waals surface area contributed by atoms with Crippen LogP contribution in [0.3, 0.4) is 0 Å². The summed E-state index contributed by atoms with van der Waals surface area (Å²) in [5.74, 6) is -4.35. The number of carbonyl (C=O) groups excluding carboxylic acids is 3. The van der Waals surface area contributed by atoms with Gasteiger partial charge < -0.3 is 19.9 Å². The molecule has 0 unspecified atom stereocenters. The molecule has 0 aliphatic carbocycles. The molecular formula is C21H19F2NO7S. The Balaban J connectivity index is 2.14. The Hall–Kier alpha value is -3.47. The zero-order chi connectivity index (χ0) is 23.8. The van der Waals surface area contributed by atoms with Crippen molar-refractivity contribution in [2.45, 2.75) is 19.4 Å². The first kappa shape index (κ1) is 24.8. The molecule has 0 fully saturated rings. The normalized spacial score (nSPS) is 11.4. The summed E-state index contributed by atoms with van der Waals surface area (Å²) in [6.07, 6.45) is -0.0404. The van der Waals surface area contributed by atoms with Crippen molar-refractivity contribution in [1.82, 2.24) is 5.32 Å². The molecule has 0 spiro atoms. The average molecular weight is 467 g/mol. The topological polar surface area (TPSA) is 119 Å². The van der Waals surface area contributed by atoms with Crippen molar-refractivity contribution >= 4 is 34.9 Å². The Morgan fingerprint density at radius 3 is 2.44 bits per heavy atom. The zero-order valence-electron chi connectivity index (χ0n) is 17.0. The van der Waals surface area contributed by atoms with E-state index in [9.17, 15) is 28.0 Å². The summed E-state index contributed by atoms with van der Waals surface area (Å²) < 4.78 is 37.1. The van der Waals surface area contributed by atoms with Crippen LogP contribution in [0.2, 0.25) is 0 Å². The molecule has 32 heavy (non-hydrogen) atoms. The zero-order valence-corrected chi connectivity index (χ0v) is 17.8. The number of amides is 1. The maximum atomic E-state index is 14.1. The maximum Gasteiger partial charge on any atom is 0.372 e. The molecule has 1 amide bonds. The summed E-state index contributed by atoms with van der Waals surface area (Å²) in [5, 5.41) is 10.5. The van der Waals surface area contributed by atoms with Gasteiger partial charge in [0, 0.05) is 24.3 Å². The predicted molar refractivity (Wildman–Crippen MR) is 111 cm³/mol. The Labute approximate surface area is 185 Å². The number of carboxylic acids is 1. The van der Waals surface area contributed by atoms with Crippen molar-refractivity contribution < 1.29 is 42.5 Å². The van der Waals surface area contributed by atoms with E-state index in [1.54, 1.807) is 0 Å². The molecule has 2 N–H and O–H groups in total. The largest absolute Gasteiger partial charge is 0.480 e. The Kier molecular flexibility index (Phi) is 8.71. The lowest BCUT2D eigenvalue weighted by atomic mass is 10.0. The van der Waals surface area contributed by atoms with Crippen LogP contribution in [0.15, 0.2) is 36.4 Å². The molecule has 0 aromatic heterocycles. The highest BCUT2D eigenvalue weighted by atomic mass is 32.2. The Morgan fingerprint density at radius 2 is 1.84 bits per heavy atom. The van der Waals surface area contributed by atoms with Gasteiger partial charge in [0.1, 0.15) is 29.0 Å². The van der Waals surface area contributed by atoms with Crippen molar-refractivity contribution in [2.24, 2.45) is 0 Å². The van der Waals surface area contributed by atoms with E-state index in [2.05, 4.69) is 10.1 Å². The molecule has 0 saturated carbocycles. The first-order valence-corrected chi connectivity index (χ1v) is 10.1. The van der Waals surface area contributed by atoms with Crippen molar-refractivity contribution in [3.63, 3.8) is 0 Å². The molecule has 2 aromatic carbocycles. The lowest BCUT2D eigenvalue weighted by molar-refractivity contribution is -0.141. The van der Waals surface area contributed by atoms with Crippen LogP contribution in [0.5, 0.6) is 5.75 Å². The van der Waals surface area contributed by atoms with E-state index in [1.165, 1.54) is 31.2 Å². The molecular weight excluding hydrogens is 448 g/mol. The third-order valence-corrected chi connectivity index (χ3v) is 4.88.